The van der Waals surface area contributed by atoms with E-state index in [4.69, 9.17) is 0 Å². The summed E-state index contributed by atoms with van der Waals surface area (Å²) in [5, 5.41) is 0. The molecule has 26 heavy (non-hydrogen) atoms. The Labute approximate surface area is 151 Å². The molecule has 5 heteroatoms. The first-order valence-corrected chi connectivity index (χ1v) is 8.66. The average molecular weight is 347 g/mol. The van der Waals surface area contributed by atoms with Crippen LogP contribution in [0.25, 0.3) is 22.6 Å². The van der Waals surface area contributed by atoms with Crippen molar-refractivity contribution in [1.82, 2.24) is 9.97 Å². The molecule has 1 aliphatic heterocycles. The Kier molecular flexibility index (Phi) is 4.44. The van der Waals surface area contributed by atoms with Crippen molar-refractivity contribution in [2.45, 2.75) is 12.8 Å². The van der Waals surface area contributed by atoms with E-state index >= 15 is 0 Å². The molecule has 0 aliphatic carbocycles. The number of piperidine rings is 1. The molecule has 0 N–H and O–H groups in total. The maximum atomic E-state index is 13.7. The van der Waals surface area contributed by atoms with Crippen molar-refractivity contribution in [3.8, 4) is 22.6 Å². The second-order valence-corrected chi connectivity index (χ2v) is 6.34. The largest absolute Gasteiger partial charge is 0.356 e. The summed E-state index contributed by atoms with van der Waals surface area (Å²) in [5.74, 6) is 1.22. The predicted octanol–water partition coefficient (Wildman–Crippen LogP) is 4.12. The Morgan fingerprint density at radius 2 is 1.58 bits per heavy atom. The molecular formula is C21H18FN3O. The molecule has 1 aromatic heterocycles. The van der Waals surface area contributed by atoms with Gasteiger partial charge >= 0.3 is 0 Å². The molecule has 0 saturated carbocycles. The van der Waals surface area contributed by atoms with Crippen LogP contribution in [0.15, 0.2) is 60.7 Å². The summed E-state index contributed by atoms with van der Waals surface area (Å²) in [7, 11) is 0. The minimum absolute atomic E-state index is 0.281. The number of rotatable bonds is 3. The fourth-order valence-electron chi connectivity index (χ4n) is 3.10. The van der Waals surface area contributed by atoms with Gasteiger partial charge in [-0.2, -0.15) is 0 Å². The second-order valence-electron chi connectivity index (χ2n) is 6.34. The lowest BCUT2D eigenvalue weighted by atomic mass is 10.1. The SMILES string of the molecule is O=C1CCN(c2cc(-c3ccccc3)nc(-c3cccc(F)c3)n2)CC1. The van der Waals surface area contributed by atoms with E-state index in [9.17, 15) is 9.18 Å². The fourth-order valence-corrected chi connectivity index (χ4v) is 3.10. The number of Topliss-reactive ketones (excluding diaryl/α,β-unsaturated/α-hetero) is 1. The standard InChI is InChI=1S/C21H18FN3O/c22-17-8-4-7-16(13-17)21-23-19(15-5-2-1-3-6-15)14-20(24-21)25-11-9-18(26)10-12-25/h1-8,13-14H,9-12H2. The molecular weight excluding hydrogens is 329 g/mol. The van der Waals surface area contributed by atoms with Gasteiger partial charge in [-0.3, -0.25) is 4.79 Å². The normalized spacial score (nSPS) is 14.5. The van der Waals surface area contributed by atoms with Gasteiger partial charge in [-0.1, -0.05) is 42.5 Å². The van der Waals surface area contributed by atoms with Gasteiger partial charge in [-0.25, -0.2) is 14.4 Å². The van der Waals surface area contributed by atoms with Crippen LogP contribution in [0, 0.1) is 5.82 Å². The Morgan fingerprint density at radius 1 is 0.846 bits per heavy atom. The Morgan fingerprint density at radius 3 is 2.31 bits per heavy atom. The van der Waals surface area contributed by atoms with Crippen molar-refractivity contribution >= 4 is 11.6 Å². The Bertz CT molecular complexity index is 933. The van der Waals surface area contributed by atoms with Gasteiger partial charge in [0.25, 0.3) is 0 Å². The molecule has 3 aromatic rings. The van der Waals surface area contributed by atoms with Gasteiger partial charge in [-0.05, 0) is 12.1 Å². The summed E-state index contributed by atoms with van der Waals surface area (Å²) >= 11 is 0. The zero-order valence-corrected chi connectivity index (χ0v) is 14.2. The molecule has 4 rings (SSSR count). The van der Waals surface area contributed by atoms with Gasteiger partial charge in [0.15, 0.2) is 5.82 Å². The first kappa shape index (κ1) is 16.4. The van der Waals surface area contributed by atoms with Gasteiger partial charge in [0, 0.05) is 43.1 Å². The van der Waals surface area contributed by atoms with Crippen molar-refractivity contribution in [2.24, 2.45) is 0 Å². The van der Waals surface area contributed by atoms with Crippen molar-refractivity contribution < 1.29 is 9.18 Å². The van der Waals surface area contributed by atoms with E-state index in [1.807, 2.05) is 36.4 Å². The number of carbonyl (C=O) groups is 1. The molecule has 0 unspecified atom stereocenters. The molecule has 4 nitrogen and oxygen atoms in total. The number of halogens is 1. The van der Waals surface area contributed by atoms with E-state index in [1.54, 1.807) is 12.1 Å². The van der Waals surface area contributed by atoms with E-state index in [0.717, 1.165) is 17.1 Å². The molecule has 1 aliphatic rings. The average Bonchev–Trinajstić information content (AvgIpc) is 2.69. The number of hydrogen-bond donors (Lipinski definition) is 0. The summed E-state index contributed by atoms with van der Waals surface area (Å²) < 4.78 is 13.7. The van der Waals surface area contributed by atoms with Crippen LogP contribution in [0.5, 0.6) is 0 Å². The topological polar surface area (TPSA) is 46.1 Å². The van der Waals surface area contributed by atoms with Crippen LogP contribution < -0.4 is 4.90 Å². The molecule has 1 fully saturated rings. The maximum Gasteiger partial charge on any atom is 0.162 e. The van der Waals surface area contributed by atoms with Gasteiger partial charge in [0.2, 0.25) is 0 Å². The van der Waals surface area contributed by atoms with Crippen LogP contribution in [0.4, 0.5) is 10.2 Å². The molecule has 1 saturated heterocycles. The zero-order valence-electron chi connectivity index (χ0n) is 14.2. The zero-order chi connectivity index (χ0) is 17.9. The van der Waals surface area contributed by atoms with Crippen LogP contribution in [-0.2, 0) is 4.79 Å². The smallest absolute Gasteiger partial charge is 0.162 e. The quantitative estimate of drug-likeness (QED) is 0.715. The number of aromatic nitrogens is 2. The predicted molar refractivity (Wildman–Crippen MR) is 99.3 cm³/mol. The Hall–Kier alpha value is -3.08. The highest BCUT2D eigenvalue weighted by molar-refractivity contribution is 5.81. The Balaban J connectivity index is 1.80. The minimum atomic E-state index is -0.318. The number of anilines is 1. The van der Waals surface area contributed by atoms with Crippen LogP contribution in [-0.4, -0.2) is 28.8 Å². The lowest BCUT2D eigenvalue weighted by Gasteiger charge is -2.27. The summed E-state index contributed by atoms with van der Waals surface area (Å²) in [4.78, 5) is 23.0. The highest BCUT2D eigenvalue weighted by atomic mass is 19.1. The number of carbonyl (C=O) groups excluding carboxylic acids is 1. The highest BCUT2D eigenvalue weighted by Crippen LogP contribution is 2.27. The number of ketones is 1. The lowest BCUT2D eigenvalue weighted by Crippen LogP contribution is -2.34. The minimum Gasteiger partial charge on any atom is -0.356 e. The van der Waals surface area contributed by atoms with E-state index < -0.39 is 0 Å². The molecule has 0 bridgehead atoms. The van der Waals surface area contributed by atoms with Gasteiger partial charge in [0.1, 0.15) is 17.4 Å². The van der Waals surface area contributed by atoms with Gasteiger partial charge in [0.05, 0.1) is 5.69 Å². The maximum absolute atomic E-state index is 13.7. The number of benzene rings is 2. The van der Waals surface area contributed by atoms with Crippen molar-refractivity contribution in [3.05, 3.63) is 66.5 Å². The van der Waals surface area contributed by atoms with Crippen molar-refractivity contribution in [1.29, 1.82) is 0 Å². The highest BCUT2D eigenvalue weighted by Gasteiger charge is 2.19. The molecule has 130 valence electrons. The van der Waals surface area contributed by atoms with Gasteiger partial charge in [-0.15, -0.1) is 0 Å². The molecule has 0 radical (unpaired) electrons. The third-order valence-corrected chi connectivity index (χ3v) is 4.51. The van der Waals surface area contributed by atoms with Crippen LogP contribution in [0.2, 0.25) is 0 Å². The van der Waals surface area contributed by atoms with Crippen LogP contribution >= 0.6 is 0 Å². The first-order chi connectivity index (χ1) is 12.7. The van der Waals surface area contributed by atoms with Crippen LogP contribution in [0.1, 0.15) is 12.8 Å². The monoisotopic (exact) mass is 347 g/mol. The molecule has 2 aromatic carbocycles. The fraction of sp³-hybridized carbons (Fsp3) is 0.190. The molecule has 2 heterocycles. The third kappa shape index (κ3) is 3.47. The molecule has 0 atom stereocenters. The van der Waals surface area contributed by atoms with E-state index in [2.05, 4.69) is 14.9 Å². The molecule has 0 spiro atoms. The van der Waals surface area contributed by atoms with Crippen molar-refractivity contribution in [2.75, 3.05) is 18.0 Å². The number of nitrogens with zero attached hydrogens (tertiary/aromatic N) is 3. The third-order valence-electron chi connectivity index (χ3n) is 4.51. The first-order valence-electron chi connectivity index (χ1n) is 8.66. The number of hydrogen-bond acceptors (Lipinski definition) is 4. The summed E-state index contributed by atoms with van der Waals surface area (Å²) in [6, 6.07) is 18.1. The van der Waals surface area contributed by atoms with Gasteiger partial charge < -0.3 is 4.90 Å². The summed E-state index contributed by atoms with van der Waals surface area (Å²) in [6.45, 7) is 1.29. The van der Waals surface area contributed by atoms with E-state index in [-0.39, 0.29) is 11.6 Å². The summed E-state index contributed by atoms with van der Waals surface area (Å²) in [5.41, 5.74) is 2.39. The van der Waals surface area contributed by atoms with Crippen molar-refractivity contribution in [3.63, 3.8) is 0 Å². The summed E-state index contributed by atoms with van der Waals surface area (Å²) in [6.07, 6.45) is 1.06. The van der Waals surface area contributed by atoms with E-state index in [1.165, 1.54) is 12.1 Å². The molecule has 0 amide bonds. The van der Waals surface area contributed by atoms with E-state index in [0.29, 0.717) is 37.3 Å². The van der Waals surface area contributed by atoms with Crippen LogP contribution in [0.3, 0.4) is 0 Å². The lowest BCUT2D eigenvalue weighted by molar-refractivity contribution is -0.119. The second kappa shape index (κ2) is 7.04.